The molecule has 2 fully saturated rings. The van der Waals surface area contributed by atoms with Crippen LogP contribution in [0.25, 0.3) is 0 Å². The van der Waals surface area contributed by atoms with Gasteiger partial charge in [-0.05, 0) is 23.3 Å². The number of rotatable bonds is 4. The molecule has 2 aliphatic heterocycles. The molecule has 29 heavy (non-hydrogen) atoms. The maximum Gasteiger partial charge on any atom is 0.194 e. The topological polar surface area (TPSA) is 63.9 Å². The van der Waals surface area contributed by atoms with E-state index in [0.29, 0.717) is 18.2 Å². The summed E-state index contributed by atoms with van der Waals surface area (Å²) in [7, 11) is 1.83. The van der Waals surface area contributed by atoms with Crippen LogP contribution in [0, 0.1) is 11.3 Å². The van der Waals surface area contributed by atoms with Gasteiger partial charge in [0.1, 0.15) is 0 Å². The fourth-order valence-corrected chi connectivity index (χ4v) is 4.16. The molecule has 2 unspecified atom stereocenters. The second kappa shape index (κ2) is 9.08. The Labute approximate surface area is 172 Å². The Balaban J connectivity index is 1.38. The quantitative estimate of drug-likeness (QED) is 0.642. The monoisotopic (exact) mass is 389 g/mol. The summed E-state index contributed by atoms with van der Waals surface area (Å²) in [6.45, 7) is 5.13. The number of aliphatic imine (C=N–C) groups is 1. The summed E-state index contributed by atoms with van der Waals surface area (Å²) in [4.78, 5) is 9.32. The van der Waals surface area contributed by atoms with Gasteiger partial charge < -0.3 is 15.0 Å². The fraction of sp³-hybridized carbons (Fsp3) is 0.391. The zero-order valence-corrected chi connectivity index (χ0v) is 16.8. The van der Waals surface area contributed by atoms with E-state index in [4.69, 9.17) is 10.00 Å². The zero-order valence-electron chi connectivity index (χ0n) is 16.8. The number of ether oxygens (including phenoxy) is 1. The van der Waals surface area contributed by atoms with Crippen LogP contribution in [0.3, 0.4) is 0 Å². The van der Waals surface area contributed by atoms with Crippen LogP contribution in [0.4, 0.5) is 0 Å². The van der Waals surface area contributed by atoms with Crippen LogP contribution in [-0.4, -0.2) is 61.2 Å². The summed E-state index contributed by atoms with van der Waals surface area (Å²) in [5.74, 6) is 0.895. The smallest absolute Gasteiger partial charge is 0.194 e. The maximum absolute atomic E-state index is 8.94. The molecule has 0 aliphatic carbocycles. The van der Waals surface area contributed by atoms with Gasteiger partial charge in [0.2, 0.25) is 0 Å². The van der Waals surface area contributed by atoms with E-state index in [-0.39, 0.29) is 6.10 Å². The Morgan fingerprint density at radius 1 is 1.14 bits per heavy atom. The van der Waals surface area contributed by atoms with Gasteiger partial charge in [0.25, 0.3) is 0 Å². The molecule has 2 aromatic rings. The van der Waals surface area contributed by atoms with Gasteiger partial charge in [0.05, 0.1) is 30.4 Å². The van der Waals surface area contributed by atoms with E-state index in [0.717, 1.165) is 44.3 Å². The summed E-state index contributed by atoms with van der Waals surface area (Å²) in [6.07, 6.45) is 0.209. The molecule has 6 nitrogen and oxygen atoms in total. The first-order chi connectivity index (χ1) is 14.3. The van der Waals surface area contributed by atoms with Crippen LogP contribution < -0.4 is 5.32 Å². The van der Waals surface area contributed by atoms with E-state index in [1.165, 1.54) is 5.56 Å². The average Bonchev–Trinajstić information content (AvgIpc) is 3.20. The van der Waals surface area contributed by atoms with Gasteiger partial charge in [0.15, 0.2) is 5.96 Å². The lowest BCUT2D eigenvalue weighted by Crippen LogP contribution is -2.50. The van der Waals surface area contributed by atoms with Gasteiger partial charge in [-0.1, -0.05) is 42.5 Å². The van der Waals surface area contributed by atoms with Crippen LogP contribution in [0.1, 0.15) is 16.7 Å². The van der Waals surface area contributed by atoms with E-state index in [2.05, 4.69) is 56.5 Å². The Kier molecular flexibility index (Phi) is 6.09. The minimum atomic E-state index is 0.209. The van der Waals surface area contributed by atoms with Crippen molar-refractivity contribution in [3.63, 3.8) is 0 Å². The van der Waals surface area contributed by atoms with E-state index in [1.54, 1.807) is 0 Å². The largest absolute Gasteiger partial charge is 0.373 e. The third kappa shape index (κ3) is 4.58. The average molecular weight is 390 g/mol. The Bertz CT molecular complexity index is 874. The second-order valence-corrected chi connectivity index (χ2v) is 7.55. The molecular weight excluding hydrogens is 362 g/mol. The van der Waals surface area contributed by atoms with Crippen molar-refractivity contribution in [2.45, 2.75) is 25.2 Å². The molecule has 0 radical (unpaired) electrons. The van der Waals surface area contributed by atoms with Gasteiger partial charge in [0, 0.05) is 39.8 Å². The minimum absolute atomic E-state index is 0.209. The molecule has 0 bridgehead atoms. The van der Waals surface area contributed by atoms with Crippen molar-refractivity contribution < 1.29 is 4.74 Å². The van der Waals surface area contributed by atoms with Crippen LogP contribution in [0.5, 0.6) is 0 Å². The first kappa shape index (κ1) is 19.4. The van der Waals surface area contributed by atoms with Crippen LogP contribution in [0.2, 0.25) is 0 Å². The number of nitrogens with zero attached hydrogens (tertiary/aromatic N) is 4. The molecule has 4 rings (SSSR count). The van der Waals surface area contributed by atoms with Crippen molar-refractivity contribution >= 4 is 5.96 Å². The molecule has 150 valence electrons. The van der Waals surface area contributed by atoms with E-state index >= 15 is 0 Å². The second-order valence-electron chi connectivity index (χ2n) is 7.55. The Morgan fingerprint density at radius 3 is 2.66 bits per heavy atom. The van der Waals surface area contributed by atoms with Crippen LogP contribution in [0.15, 0.2) is 59.6 Å². The van der Waals surface area contributed by atoms with Crippen molar-refractivity contribution in [1.29, 1.82) is 5.26 Å². The predicted molar refractivity (Wildman–Crippen MR) is 113 cm³/mol. The third-order valence-corrected chi connectivity index (χ3v) is 5.69. The lowest BCUT2D eigenvalue weighted by atomic mass is 10.1. The third-order valence-electron chi connectivity index (χ3n) is 5.69. The van der Waals surface area contributed by atoms with Crippen molar-refractivity contribution in [2.75, 3.05) is 33.3 Å². The molecule has 2 aliphatic rings. The lowest BCUT2D eigenvalue weighted by Gasteiger charge is -2.36. The molecule has 0 amide bonds. The van der Waals surface area contributed by atoms with Crippen LogP contribution >= 0.6 is 0 Å². The molecule has 0 saturated carbocycles. The van der Waals surface area contributed by atoms with Crippen molar-refractivity contribution in [3.8, 4) is 6.07 Å². The Morgan fingerprint density at radius 2 is 1.93 bits per heavy atom. The molecule has 0 spiro atoms. The van der Waals surface area contributed by atoms with E-state index < -0.39 is 0 Å². The van der Waals surface area contributed by atoms with Crippen LogP contribution in [-0.2, 0) is 17.8 Å². The summed E-state index contributed by atoms with van der Waals surface area (Å²) in [5, 5.41) is 12.4. The number of hydrogen-bond acceptors (Lipinski definition) is 4. The lowest BCUT2D eigenvalue weighted by molar-refractivity contribution is -0.0502. The molecule has 0 aromatic heterocycles. The van der Waals surface area contributed by atoms with Crippen molar-refractivity contribution in [2.24, 2.45) is 4.99 Å². The number of benzene rings is 2. The summed E-state index contributed by atoms with van der Waals surface area (Å²) >= 11 is 0. The number of fused-ring (bicyclic) bond motifs is 1. The summed E-state index contributed by atoms with van der Waals surface area (Å²) < 4.78 is 6.09. The first-order valence-electron chi connectivity index (χ1n) is 10.1. The predicted octanol–water partition coefficient (Wildman–Crippen LogP) is 2.22. The number of likely N-dealkylation sites (tertiary alicyclic amines) is 1. The molecule has 2 aromatic carbocycles. The molecular formula is C23H27N5O. The zero-order chi connectivity index (χ0) is 20.1. The van der Waals surface area contributed by atoms with Gasteiger partial charge in [-0.15, -0.1) is 0 Å². The highest BCUT2D eigenvalue weighted by Gasteiger charge is 2.41. The Hall–Kier alpha value is -2.88. The van der Waals surface area contributed by atoms with Gasteiger partial charge in [-0.25, -0.2) is 0 Å². The van der Waals surface area contributed by atoms with Gasteiger partial charge >= 0.3 is 0 Å². The molecule has 2 heterocycles. The molecule has 2 saturated heterocycles. The SMILES string of the molecule is CN=C(NCc1ccc(C#N)cc1)N1CC2OCCN(Cc3ccccc3)C2C1. The normalized spacial score (nSPS) is 22.2. The molecule has 1 N–H and O–H groups in total. The highest BCUT2D eigenvalue weighted by molar-refractivity contribution is 5.80. The van der Waals surface area contributed by atoms with Gasteiger partial charge in [-0.3, -0.25) is 9.89 Å². The van der Waals surface area contributed by atoms with E-state index in [1.807, 2.05) is 31.3 Å². The van der Waals surface area contributed by atoms with Crippen molar-refractivity contribution in [1.82, 2.24) is 15.1 Å². The molecule has 2 atom stereocenters. The number of morpholine rings is 1. The maximum atomic E-state index is 8.94. The number of guanidine groups is 1. The van der Waals surface area contributed by atoms with Gasteiger partial charge in [-0.2, -0.15) is 5.26 Å². The number of nitrogens with one attached hydrogen (secondary N) is 1. The summed E-state index contributed by atoms with van der Waals surface area (Å²) in [5.41, 5.74) is 3.15. The standard InChI is InChI=1S/C23H27N5O/c1-25-23(26-14-19-9-7-18(13-24)8-10-19)28-16-21-22(17-28)29-12-11-27(21)15-20-5-3-2-4-6-20/h2-10,21-22H,11-12,14-17H2,1H3,(H,25,26). The molecule has 6 heteroatoms. The summed E-state index contributed by atoms with van der Waals surface area (Å²) in [6, 6.07) is 20.8. The van der Waals surface area contributed by atoms with Crippen molar-refractivity contribution in [3.05, 3.63) is 71.3 Å². The number of hydrogen-bond donors (Lipinski definition) is 1. The van der Waals surface area contributed by atoms with E-state index in [9.17, 15) is 0 Å². The highest BCUT2D eigenvalue weighted by Crippen LogP contribution is 2.24. The fourth-order valence-electron chi connectivity index (χ4n) is 4.16. The number of nitriles is 1. The first-order valence-corrected chi connectivity index (χ1v) is 10.1. The highest BCUT2D eigenvalue weighted by atomic mass is 16.5. The minimum Gasteiger partial charge on any atom is -0.373 e.